The maximum atomic E-state index is 6.34. The summed E-state index contributed by atoms with van der Waals surface area (Å²) >= 11 is 23.6. The van der Waals surface area contributed by atoms with Gasteiger partial charge in [0.15, 0.2) is 6.17 Å². The summed E-state index contributed by atoms with van der Waals surface area (Å²) in [6, 6.07) is 16.6. The maximum Gasteiger partial charge on any atom is 0.228 e. The van der Waals surface area contributed by atoms with E-state index in [1.807, 2.05) is 0 Å². The van der Waals surface area contributed by atoms with Gasteiger partial charge in [-0.1, -0.05) is 34.8 Å². The van der Waals surface area contributed by atoms with Crippen LogP contribution in [0.15, 0.2) is 48.5 Å². The zero-order chi connectivity index (χ0) is 16.6. The molecule has 122 valence electrons. The van der Waals surface area contributed by atoms with E-state index < -0.39 is 3.79 Å². The molecule has 0 spiro atoms. The second kappa shape index (κ2) is 7.32. The van der Waals surface area contributed by atoms with Gasteiger partial charge in [0.05, 0.1) is 0 Å². The number of alkyl halides is 3. The van der Waals surface area contributed by atoms with Gasteiger partial charge in [0, 0.05) is 31.6 Å². The van der Waals surface area contributed by atoms with E-state index in [2.05, 4.69) is 104 Å². The summed E-state index contributed by atoms with van der Waals surface area (Å²) < 4.78 is 0.957. The number of hydrogen-bond acceptors (Lipinski definition) is 2. The van der Waals surface area contributed by atoms with E-state index in [0.717, 1.165) is 24.5 Å². The Hall–Kier alpha value is 0.370. The zero-order valence-corrected chi connectivity index (χ0v) is 18.5. The first-order chi connectivity index (χ1) is 10.9. The van der Waals surface area contributed by atoms with E-state index in [0.29, 0.717) is 0 Å². The van der Waals surface area contributed by atoms with Crippen molar-refractivity contribution in [2.45, 2.75) is 9.96 Å². The van der Waals surface area contributed by atoms with Crippen molar-refractivity contribution in [3.8, 4) is 0 Å². The van der Waals surface area contributed by atoms with Crippen LogP contribution in [0, 0.1) is 7.14 Å². The highest BCUT2D eigenvalue weighted by atomic mass is 127. The highest BCUT2D eigenvalue weighted by molar-refractivity contribution is 14.1. The molecule has 2 aromatic rings. The average Bonchev–Trinajstić information content (AvgIpc) is 2.94. The van der Waals surface area contributed by atoms with Crippen molar-refractivity contribution >= 4 is 91.4 Å². The van der Waals surface area contributed by atoms with Gasteiger partial charge in [0.25, 0.3) is 0 Å². The largest absolute Gasteiger partial charge is 0.346 e. The number of benzene rings is 2. The molecule has 0 saturated carbocycles. The van der Waals surface area contributed by atoms with Crippen molar-refractivity contribution in [3.05, 3.63) is 55.7 Å². The van der Waals surface area contributed by atoms with Crippen LogP contribution in [0.5, 0.6) is 0 Å². The zero-order valence-electron chi connectivity index (χ0n) is 11.9. The van der Waals surface area contributed by atoms with Crippen LogP contribution in [0.25, 0.3) is 0 Å². The first-order valence-corrected chi connectivity index (χ1v) is 10.3. The molecule has 23 heavy (non-hydrogen) atoms. The van der Waals surface area contributed by atoms with E-state index in [4.69, 9.17) is 34.8 Å². The van der Waals surface area contributed by atoms with Crippen molar-refractivity contribution in [2.24, 2.45) is 0 Å². The molecule has 1 aliphatic heterocycles. The van der Waals surface area contributed by atoms with Gasteiger partial charge in [-0.15, -0.1) is 0 Å². The summed E-state index contributed by atoms with van der Waals surface area (Å²) in [6.07, 6.45) is -0.340. The maximum absolute atomic E-state index is 6.34. The van der Waals surface area contributed by atoms with E-state index in [-0.39, 0.29) is 6.17 Å². The molecule has 7 heteroatoms. The van der Waals surface area contributed by atoms with E-state index in [1.54, 1.807) is 0 Å². The van der Waals surface area contributed by atoms with Gasteiger partial charge in [-0.25, -0.2) is 0 Å². The lowest BCUT2D eigenvalue weighted by atomic mass is 10.2. The molecule has 3 rings (SSSR count). The van der Waals surface area contributed by atoms with Gasteiger partial charge in [0.2, 0.25) is 3.79 Å². The van der Waals surface area contributed by atoms with Crippen LogP contribution in [0.1, 0.15) is 0 Å². The summed E-state index contributed by atoms with van der Waals surface area (Å²) in [5.41, 5.74) is 2.13. The number of hydrogen-bond donors (Lipinski definition) is 0. The summed E-state index contributed by atoms with van der Waals surface area (Å²) in [5, 5.41) is 0. The summed E-state index contributed by atoms with van der Waals surface area (Å²) in [5.74, 6) is 0. The highest BCUT2D eigenvalue weighted by Gasteiger charge is 2.45. The fraction of sp³-hybridized carbons (Fsp3) is 0.250. The van der Waals surface area contributed by atoms with E-state index >= 15 is 0 Å². The second-order valence-electron chi connectivity index (χ2n) is 5.25. The van der Waals surface area contributed by atoms with Gasteiger partial charge < -0.3 is 9.80 Å². The van der Waals surface area contributed by atoms with Gasteiger partial charge in [0.1, 0.15) is 0 Å². The Bertz CT molecular complexity index is 618. The fourth-order valence-corrected chi connectivity index (χ4v) is 4.21. The van der Waals surface area contributed by atoms with Crippen LogP contribution < -0.4 is 9.80 Å². The number of rotatable bonds is 2. The normalized spacial score (nSPS) is 16.2. The molecular formula is C16H13Cl3I2N2. The Morgan fingerprint density at radius 3 is 1.39 bits per heavy atom. The van der Waals surface area contributed by atoms with E-state index in [1.165, 1.54) is 7.14 Å². The third-order valence-corrected chi connectivity index (χ3v) is 5.81. The van der Waals surface area contributed by atoms with Crippen LogP contribution in [0.3, 0.4) is 0 Å². The van der Waals surface area contributed by atoms with Gasteiger partial charge >= 0.3 is 0 Å². The predicted octanol–water partition coefficient (Wildman–Crippen LogP) is 5.92. The Balaban J connectivity index is 1.96. The molecule has 0 radical (unpaired) electrons. The minimum absolute atomic E-state index is 0.340. The van der Waals surface area contributed by atoms with Gasteiger partial charge in [-0.2, -0.15) is 0 Å². The Morgan fingerprint density at radius 1 is 0.739 bits per heavy atom. The van der Waals surface area contributed by atoms with Crippen LogP contribution in [0.2, 0.25) is 0 Å². The SMILES string of the molecule is ClC(Cl)(Cl)C1N(c2ccc(I)cc2)CCN1c1ccc(I)cc1. The molecule has 0 unspecified atom stereocenters. The molecule has 0 bridgehead atoms. The van der Waals surface area contributed by atoms with Crippen LogP contribution >= 0.6 is 80.0 Å². The molecule has 0 N–H and O–H groups in total. The van der Waals surface area contributed by atoms with Crippen LogP contribution in [0.4, 0.5) is 11.4 Å². The fourth-order valence-electron chi connectivity index (χ4n) is 2.79. The average molecular weight is 593 g/mol. The first-order valence-electron chi connectivity index (χ1n) is 6.97. The summed E-state index contributed by atoms with van der Waals surface area (Å²) in [6.45, 7) is 1.62. The predicted molar refractivity (Wildman–Crippen MR) is 117 cm³/mol. The molecule has 0 aliphatic carbocycles. The molecule has 1 fully saturated rings. The smallest absolute Gasteiger partial charge is 0.228 e. The van der Waals surface area contributed by atoms with Crippen molar-refractivity contribution in [2.75, 3.05) is 22.9 Å². The topological polar surface area (TPSA) is 6.48 Å². The molecule has 0 amide bonds. The molecule has 2 aromatic carbocycles. The lowest BCUT2D eigenvalue weighted by Crippen LogP contribution is -2.48. The van der Waals surface area contributed by atoms with Gasteiger partial charge in [-0.3, -0.25) is 0 Å². The summed E-state index contributed by atoms with van der Waals surface area (Å²) in [4.78, 5) is 4.31. The number of nitrogens with zero attached hydrogens (tertiary/aromatic N) is 2. The van der Waals surface area contributed by atoms with Crippen molar-refractivity contribution in [1.29, 1.82) is 0 Å². The van der Waals surface area contributed by atoms with Crippen molar-refractivity contribution in [1.82, 2.24) is 0 Å². The second-order valence-corrected chi connectivity index (χ2v) is 10.1. The Morgan fingerprint density at radius 2 is 1.09 bits per heavy atom. The van der Waals surface area contributed by atoms with Crippen molar-refractivity contribution < 1.29 is 0 Å². The molecule has 0 aromatic heterocycles. The minimum atomic E-state index is -1.41. The van der Waals surface area contributed by atoms with Gasteiger partial charge in [-0.05, 0) is 93.7 Å². The molecule has 1 saturated heterocycles. The van der Waals surface area contributed by atoms with E-state index in [9.17, 15) is 0 Å². The lowest BCUT2D eigenvalue weighted by Gasteiger charge is -2.37. The van der Waals surface area contributed by atoms with Crippen LogP contribution in [-0.4, -0.2) is 23.0 Å². The molecular weight excluding hydrogens is 580 g/mol. The molecule has 1 aliphatic rings. The molecule has 1 heterocycles. The highest BCUT2D eigenvalue weighted by Crippen LogP contribution is 2.41. The standard InChI is InChI=1S/C16H13Cl3I2N2/c17-16(18,19)15-22(13-5-1-11(20)2-6-13)9-10-23(15)14-7-3-12(21)4-8-14/h1-8,15H,9-10H2. The molecule has 2 nitrogen and oxygen atoms in total. The molecule has 0 atom stereocenters. The number of anilines is 2. The Labute approximate surface area is 178 Å². The summed E-state index contributed by atoms with van der Waals surface area (Å²) in [7, 11) is 0. The first kappa shape index (κ1) is 18.2. The third-order valence-electron chi connectivity index (χ3n) is 3.78. The minimum Gasteiger partial charge on any atom is -0.346 e. The number of halogens is 5. The lowest BCUT2D eigenvalue weighted by molar-refractivity contribution is 0.681. The van der Waals surface area contributed by atoms with Crippen molar-refractivity contribution in [3.63, 3.8) is 0 Å². The van der Waals surface area contributed by atoms with Crippen LogP contribution in [-0.2, 0) is 0 Å². The quantitative estimate of drug-likeness (QED) is 0.315. The third kappa shape index (κ3) is 4.14. The Kier molecular flexibility index (Phi) is 5.78. The monoisotopic (exact) mass is 592 g/mol.